The highest BCUT2D eigenvalue weighted by Crippen LogP contribution is 2.44. The average Bonchev–Trinajstić information content (AvgIpc) is 3.18. The van der Waals surface area contributed by atoms with Gasteiger partial charge in [0.25, 0.3) is 0 Å². The molecule has 0 amide bonds. The minimum absolute atomic E-state index is 0.151. The van der Waals surface area contributed by atoms with Gasteiger partial charge in [-0.25, -0.2) is 4.68 Å². The number of nitrogens with zero attached hydrogens (tertiary/aromatic N) is 3. The van der Waals surface area contributed by atoms with Crippen LogP contribution in [-0.2, 0) is 16.0 Å². The monoisotopic (exact) mass is 369 g/mol. The second-order valence-electron chi connectivity index (χ2n) is 8.11. The van der Waals surface area contributed by atoms with Crippen LogP contribution < -0.4 is 0 Å². The molecule has 5 rings (SSSR count). The van der Waals surface area contributed by atoms with Crippen molar-refractivity contribution in [3.8, 4) is 5.69 Å². The molecule has 0 aliphatic carbocycles. The number of aliphatic hydroxyl groups is 1. The lowest BCUT2D eigenvalue weighted by Gasteiger charge is -2.57. The lowest BCUT2D eigenvalue weighted by molar-refractivity contribution is -0.221. The maximum atomic E-state index is 11.4. The molecule has 4 atom stereocenters. The summed E-state index contributed by atoms with van der Waals surface area (Å²) in [6.07, 6.45) is 5.77. The summed E-state index contributed by atoms with van der Waals surface area (Å²) in [7, 11) is 0. The van der Waals surface area contributed by atoms with Crippen molar-refractivity contribution in [3.63, 3.8) is 0 Å². The van der Waals surface area contributed by atoms with Gasteiger partial charge in [0.05, 0.1) is 30.7 Å². The van der Waals surface area contributed by atoms with Crippen molar-refractivity contribution >= 4 is 0 Å². The van der Waals surface area contributed by atoms with Crippen LogP contribution in [-0.4, -0.2) is 64.4 Å². The second kappa shape index (κ2) is 7.02. The Bertz CT molecular complexity index is 780. The van der Waals surface area contributed by atoms with E-state index in [1.165, 1.54) is 5.56 Å². The molecular formula is C21H27N3O3. The first kappa shape index (κ1) is 17.4. The van der Waals surface area contributed by atoms with Crippen molar-refractivity contribution < 1.29 is 14.6 Å². The third-order valence-corrected chi connectivity index (χ3v) is 6.60. The van der Waals surface area contributed by atoms with Gasteiger partial charge in [-0.15, -0.1) is 0 Å². The number of rotatable bonds is 3. The fourth-order valence-corrected chi connectivity index (χ4v) is 5.15. The number of piperidine rings is 1. The fourth-order valence-electron chi connectivity index (χ4n) is 5.15. The van der Waals surface area contributed by atoms with Crippen LogP contribution in [0.3, 0.4) is 0 Å². The largest absolute Gasteiger partial charge is 0.389 e. The fraction of sp³-hybridized carbons (Fsp3) is 0.571. The molecule has 144 valence electrons. The Labute approximate surface area is 159 Å². The average molecular weight is 369 g/mol. The molecule has 3 aliphatic rings. The molecule has 1 N–H and O–H groups in total. The standard InChI is InChI=1S/C21H27N3O3/c25-21-7-9-27-14-17(21)13-23(20-6-8-26-15-19(20)21)11-16-10-22-24(12-16)18-4-2-1-3-5-18/h1-5,10,12,17,19-20,25H,6-9,11,13-15H2/t17-,19+,20-,21-/m0/s1. The van der Waals surface area contributed by atoms with Crippen LogP contribution in [0, 0.1) is 11.8 Å². The molecule has 0 unspecified atom stereocenters. The summed E-state index contributed by atoms with van der Waals surface area (Å²) >= 11 is 0. The highest BCUT2D eigenvalue weighted by molar-refractivity contribution is 5.31. The predicted molar refractivity (Wildman–Crippen MR) is 101 cm³/mol. The van der Waals surface area contributed by atoms with Crippen molar-refractivity contribution in [2.75, 3.05) is 33.0 Å². The van der Waals surface area contributed by atoms with Gasteiger partial charge in [0.15, 0.2) is 0 Å². The summed E-state index contributed by atoms with van der Waals surface area (Å²) in [5.41, 5.74) is 1.63. The molecule has 2 aromatic rings. The summed E-state index contributed by atoms with van der Waals surface area (Å²) in [5, 5.41) is 16.0. The quantitative estimate of drug-likeness (QED) is 0.895. The number of hydrogen-bond acceptors (Lipinski definition) is 5. The van der Waals surface area contributed by atoms with Gasteiger partial charge in [0.2, 0.25) is 0 Å². The number of benzene rings is 1. The molecule has 0 spiro atoms. The lowest BCUT2D eigenvalue weighted by Crippen LogP contribution is -2.67. The summed E-state index contributed by atoms with van der Waals surface area (Å²) < 4.78 is 13.4. The smallest absolute Gasteiger partial charge is 0.0796 e. The van der Waals surface area contributed by atoms with Gasteiger partial charge in [-0.3, -0.25) is 4.90 Å². The molecule has 3 aliphatic heterocycles. The molecule has 3 saturated heterocycles. The van der Waals surface area contributed by atoms with E-state index < -0.39 is 5.60 Å². The van der Waals surface area contributed by atoms with E-state index in [2.05, 4.69) is 28.3 Å². The third kappa shape index (κ3) is 3.10. The molecule has 1 aromatic carbocycles. The predicted octanol–water partition coefficient (Wildman–Crippen LogP) is 1.86. The molecule has 0 radical (unpaired) electrons. The van der Waals surface area contributed by atoms with Gasteiger partial charge in [0.1, 0.15) is 0 Å². The van der Waals surface area contributed by atoms with E-state index >= 15 is 0 Å². The zero-order valence-corrected chi connectivity index (χ0v) is 15.5. The minimum atomic E-state index is -0.645. The van der Waals surface area contributed by atoms with E-state index in [0.717, 1.165) is 38.2 Å². The minimum Gasteiger partial charge on any atom is -0.389 e. The van der Waals surface area contributed by atoms with Crippen molar-refractivity contribution in [3.05, 3.63) is 48.3 Å². The van der Waals surface area contributed by atoms with Crippen molar-refractivity contribution in [1.29, 1.82) is 0 Å². The summed E-state index contributed by atoms with van der Waals surface area (Å²) in [4.78, 5) is 2.52. The molecule has 6 nitrogen and oxygen atoms in total. The van der Waals surface area contributed by atoms with Crippen LogP contribution in [0.5, 0.6) is 0 Å². The Morgan fingerprint density at radius 2 is 2.00 bits per heavy atom. The molecule has 0 saturated carbocycles. The van der Waals surface area contributed by atoms with E-state index in [0.29, 0.717) is 25.9 Å². The number of aromatic nitrogens is 2. The first-order valence-corrected chi connectivity index (χ1v) is 9.95. The van der Waals surface area contributed by atoms with Gasteiger partial charge < -0.3 is 14.6 Å². The lowest BCUT2D eigenvalue weighted by atomic mass is 9.66. The van der Waals surface area contributed by atoms with Crippen molar-refractivity contribution in [2.45, 2.75) is 31.0 Å². The Kier molecular flexibility index (Phi) is 4.52. The molecule has 4 heterocycles. The van der Waals surface area contributed by atoms with E-state index in [1.807, 2.05) is 29.1 Å². The van der Waals surface area contributed by atoms with E-state index in [-0.39, 0.29) is 11.8 Å². The molecule has 0 bridgehead atoms. The van der Waals surface area contributed by atoms with Gasteiger partial charge in [-0.2, -0.15) is 5.10 Å². The molecule has 3 fully saturated rings. The summed E-state index contributed by atoms with van der Waals surface area (Å²) in [5.74, 6) is 0.316. The number of likely N-dealkylation sites (tertiary alicyclic amines) is 1. The Hall–Kier alpha value is -1.73. The Morgan fingerprint density at radius 3 is 2.89 bits per heavy atom. The molecule has 27 heavy (non-hydrogen) atoms. The van der Waals surface area contributed by atoms with Crippen LogP contribution in [0.1, 0.15) is 18.4 Å². The second-order valence-corrected chi connectivity index (χ2v) is 8.11. The molecule has 1 aromatic heterocycles. The maximum Gasteiger partial charge on any atom is 0.0796 e. The normalized spacial score (nSPS) is 34.0. The van der Waals surface area contributed by atoms with Gasteiger partial charge >= 0.3 is 0 Å². The van der Waals surface area contributed by atoms with Crippen LogP contribution in [0.25, 0.3) is 5.69 Å². The first-order valence-electron chi connectivity index (χ1n) is 9.95. The topological polar surface area (TPSA) is 59.8 Å². The van der Waals surface area contributed by atoms with Crippen LogP contribution in [0.4, 0.5) is 0 Å². The Morgan fingerprint density at radius 1 is 1.15 bits per heavy atom. The van der Waals surface area contributed by atoms with Gasteiger partial charge in [-0.05, 0) is 18.6 Å². The van der Waals surface area contributed by atoms with Crippen LogP contribution in [0.15, 0.2) is 42.7 Å². The molecular weight excluding hydrogens is 342 g/mol. The van der Waals surface area contributed by atoms with Crippen LogP contribution >= 0.6 is 0 Å². The maximum absolute atomic E-state index is 11.4. The summed E-state index contributed by atoms with van der Waals surface area (Å²) in [6, 6.07) is 10.5. The van der Waals surface area contributed by atoms with Gasteiger partial charge in [0, 0.05) is 62.4 Å². The first-order chi connectivity index (χ1) is 13.2. The van der Waals surface area contributed by atoms with E-state index in [1.54, 1.807) is 0 Å². The number of hydrogen-bond donors (Lipinski definition) is 1. The van der Waals surface area contributed by atoms with Crippen LogP contribution in [0.2, 0.25) is 0 Å². The molecule has 6 heteroatoms. The van der Waals surface area contributed by atoms with Gasteiger partial charge in [-0.1, -0.05) is 18.2 Å². The van der Waals surface area contributed by atoms with Crippen molar-refractivity contribution in [2.24, 2.45) is 11.8 Å². The summed E-state index contributed by atoms with van der Waals surface area (Å²) in [6.45, 7) is 4.43. The highest BCUT2D eigenvalue weighted by Gasteiger charge is 2.55. The zero-order chi connectivity index (χ0) is 18.3. The number of fused-ring (bicyclic) bond motifs is 3. The number of ether oxygens (including phenoxy) is 2. The van der Waals surface area contributed by atoms with Crippen molar-refractivity contribution in [1.82, 2.24) is 14.7 Å². The number of para-hydroxylation sites is 1. The highest BCUT2D eigenvalue weighted by atomic mass is 16.5. The SMILES string of the molecule is O[C@@]12CCOC[C@@H]1CN(Cc1cnn(-c3ccccc3)c1)[C@H]1CCOC[C@H]12. The third-order valence-electron chi connectivity index (χ3n) is 6.60. The van der Waals surface area contributed by atoms with E-state index in [9.17, 15) is 5.11 Å². The Balaban J connectivity index is 1.38. The van der Waals surface area contributed by atoms with E-state index in [4.69, 9.17) is 9.47 Å². The zero-order valence-electron chi connectivity index (χ0n) is 15.5.